The Kier molecular flexibility index (Phi) is 3.42. The maximum absolute atomic E-state index is 12.4. The first-order valence-electron chi connectivity index (χ1n) is 6.91. The molecule has 0 aliphatic carbocycles. The van der Waals surface area contributed by atoms with Gasteiger partial charge in [0.1, 0.15) is 0 Å². The lowest BCUT2D eigenvalue weighted by Crippen LogP contribution is -2.36. The van der Waals surface area contributed by atoms with Crippen molar-refractivity contribution in [2.24, 2.45) is 0 Å². The highest BCUT2D eigenvalue weighted by Crippen LogP contribution is 2.19. The second-order valence-corrected chi connectivity index (χ2v) is 5.25. The van der Waals surface area contributed by atoms with E-state index in [9.17, 15) is 4.79 Å². The van der Waals surface area contributed by atoms with Crippen LogP contribution in [0, 0.1) is 0 Å². The average molecular weight is 266 g/mol. The van der Waals surface area contributed by atoms with Gasteiger partial charge < -0.3 is 10.6 Å². The first-order chi connectivity index (χ1) is 9.72. The molecule has 0 atom stereocenters. The van der Waals surface area contributed by atoms with Crippen LogP contribution in [0.2, 0.25) is 0 Å². The Morgan fingerprint density at radius 1 is 1.05 bits per heavy atom. The zero-order chi connectivity index (χ0) is 13.9. The third-order valence-corrected chi connectivity index (χ3v) is 3.82. The predicted molar refractivity (Wildman–Crippen MR) is 80.1 cm³/mol. The highest BCUT2D eigenvalue weighted by atomic mass is 16.2. The summed E-state index contributed by atoms with van der Waals surface area (Å²) in [5.74, 6) is 0.185. The summed E-state index contributed by atoms with van der Waals surface area (Å²) in [6.07, 6.45) is 1.39. The minimum atomic E-state index is 0.185. The summed E-state index contributed by atoms with van der Waals surface area (Å²) in [5.41, 5.74) is 10.0. The maximum atomic E-state index is 12.4. The van der Waals surface area contributed by atoms with Gasteiger partial charge in [0.15, 0.2) is 0 Å². The van der Waals surface area contributed by atoms with E-state index < -0.39 is 0 Å². The molecule has 3 nitrogen and oxygen atoms in total. The fourth-order valence-electron chi connectivity index (χ4n) is 2.63. The quantitative estimate of drug-likeness (QED) is 0.848. The van der Waals surface area contributed by atoms with Crippen LogP contribution in [-0.2, 0) is 24.2 Å². The number of amides is 1. The number of nitrogens with zero attached hydrogens (tertiary/aromatic N) is 1. The zero-order valence-corrected chi connectivity index (χ0v) is 11.4. The van der Waals surface area contributed by atoms with Gasteiger partial charge in [0.05, 0.1) is 6.42 Å². The van der Waals surface area contributed by atoms with Crippen LogP contribution in [0.3, 0.4) is 0 Å². The van der Waals surface area contributed by atoms with E-state index in [1.165, 1.54) is 11.1 Å². The fraction of sp³-hybridized carbons (Fsp3) is 0.235. The number of nitrogen functional groups attached to an aromatic ring is 1. The van der Waals surface area contributed by atoms with Crippen molar-refractivity contribution in [2.75, 3.05) is 12.3 Å². The van der Waals surface area contributed by atoms with Crippen LogP contribution in [-0.4, -0.2) is 17.4 Å². The lowest BCUT2D eigenvalue weighted by atomic mass is 9.99. The molecule has 1 aliphatic heterocycles. The van der Waals surface area contributed by atoms with Gasteiger partial charge in [-0.05, 0) is 35.2 Å². The smallest absolute Gasteiger partial charge is 0.227 e. The predicted octanol–water partition coefficient (Wildman–Crippen LogP) is 2.40. The van der Waals surface area contributed by atoms with Gasteiger partial charge >= 0.3 is 0 Å². The van der Waals surface area contributed by atoms with Crippen LogP contribution in [0.1, 0.15) is 16.7 Å². The maximum Gasteiger partial charge on any atom is 0.227 e. The van der Waals surface area contributed by atoms with E-state index in [-0.39, 0.29) is 5.91 Å². The Bertz CT molecular complexity index is 619. The summed E-state index contributed by atoms with van der Waals surface area (Å²) in [6, 6.07) is 15.9. The van der Waals surface area contributed by atoms with Crippen LogP contribution in [0.25, 0.3) is 0 Å². The number of anilines is 1. The molecule has 0 radical (unpaired) electrons. The minimum Gasteiger partial charge on any atom is -0.399 e. The van der Waals surface area contributed by atoms with E-state index in [4.69, 9.17) is 5.73 Å². The normalized spacial score (nSPS) is 13.9. The molecule has 0 saturated carbocycles. The van der Waals surface area contributed by atoms with Gasteiger partial charge in [0.25, 0.3) is 0 Å². The van der Waals surface area contributed by atoms with Crippen molar-refractivity contribution in [2.45, 2.75) is 19.4 Å². The second-order valence-electron chi connectivity index (χ2n) is 5.25. The summed E-state index contributed by atoms with van der Waals surface area (Å²) in [5, 5.41) is 0. The van der Waals surface area contributed by atoms with Crippen LogP contribution < -0.4 is 5.73 Å². The van der Waals surface area contributed by atoms with Gasteiger partial charge in [-0.25, -0.2) is 0 Å². The number of benzene rings is 2. The molecule has 1 heterocycles. The number of hydrogen-bond donors (Lipinski definition) is 1. The molecule has 3 heteroatoms. The van der Waals surface area contributed by atoms with Crippen molar-refractivity contribution in [3.05, 3.63) is 65.2 Å². The number of rotatable bonds is 2. The first kappa shape index (κ1) is 12.7. The van der Waals surface area contributed by atoms with Gasteiger partial charge in [0.2, 0.25) is 5.91 Å². The standard InChI is InChI=1S/C17H18N2O/c18-16-7-5-13(6-8-16)11-17(20)19-10-9-14-3-1-2-4-15(14)12-19/h1-8H,9-12,18H2. The number of carbonyl (C=O) groups excluding carboxylic acids is 1. The highest BCUT2D eigenvalue weighted by Gasteiger charge is 2.20. The Morgan fingerprint density at radius 3 is 2.50 bits per heavy atom. The fourth-order valence-corrected chi connectivity index (χ4v) is 2.63. The monoisotopic (exact) mass is 266 g/mol. The summed E-state index contributed by atoms with van der Waals surface area (Å²) in [4.78, 5) is 14.3. The van der Waals surface area contributed by atoms with Gasteiger partial charge in [-0.15, -0.1) is 0 Å². The highest BCUT2D eigenvalue weighted by molar-refractivity contribution is 5.79. The lowest BCUT2D eigenvalue weighted by molar-refractivity contribution is -0.131. The second kappa shape index (κ2) is 5.37. The van der Waals surface area contributed by atoms with E-state index in [0.717, 1.165) is 30.8 Å². The Hall–Kier alpha value is -2.29. The third kappa shape index (κ3) is 2.67. The van der Waals surface area contributed by atoms with Crippen LogP contribution in [0.5, 0.6) is 0 Å². The number of nitrogens with two attached hydrogens (primary N) is 1. The number of hydrogen-bond acceptors (Lipinski definition) is 2. The van der Waals surface area contributed by atoms with E-state index >= 15 is 0 Å². The molecule has 0 bridgehead atoms. The van der Waals surface area contributed by atoms with Crippen molar-refractivity contribution in [1.29, 1.82) is 0 Å². The molecule has 0 saturated heterocycles. The molecular weight excluding hydrogens is 248 g/mol. The molecule has 20 heavy (non-hydrogen) atoms. The van der Waals surface area contributed by atoms with Gasteiger partial charge in [-0.2, -0.15) is 0 Å². The van der Waals surface area contributed by atoms with Gasteiger partial charge in [-0.3, -0.25) is 4.79 Å². The van der Waals surface area contributed by atoms with Gasteiger partial charge in [0, 0.05) is 18.8 Å². The van der Waals surface area contributed by atoms with E-state index in [2.05, 4.69) is 18.2 Å². The molecule has 2 aromatic carbocycles. The molecular formula is C17H18N2O. The van der Waals surface area contributed by atoms with Gasteiger partial charge in [-0.1, -0.05) is 36.4 Å². The van der Waals surface area contributed by atoms with E-state index in [1.54, 1.807) is 0 Å². The lowest BCUT2D eigenvalue weighted by Gasteiger charge is -2.29. The SMILES string of the molecule is Nc1ccc(CC(=O)N2CCc3ccccc3C2)cc1. The Labute approximate surface area is 119 Å². The van der Waals surface area contributed by atoms with Crippen molar-refractivity contribution in [1.82, 2.24) is 4.90 Å². The largest absolute Gasteiger partial charge is 0.399 e. The number of fused-ring (bicyclic) bond motifs is 1. The number of carbonyl (C=O) groups is 1. The minimum absolute atomic E-state index is 0.185. The van der Waals surface area contributed by atoms with Crippen LogP contribution >= 0.6 is 0 Å². The molecule has 2 aromatic rings. The molecule has 0 fully saturated rings. The summed E-state index contributed by atoms with van der Waals surface area (Å²) >= 11 is 0. The molecule has 0 aromatic heterocycles. The summed E-state index contributed by atoms with van der Waals surface area (Å²) < 4.78 is 0. The molecule has 2 N–H and O–H groups in total. The third-order valence-electron chi connectivity index (χ3n) is 3.82. The molecule has 3 rings (SSSR count). The van der Waals surface area contributed by atoms with Crippen molar-refractivity contribution >= 4 is 11.6 Å². The molecule has 1 amide bonds. The summed E-state index contributed by atoms with van der Waals surface area (Å²) in [6.45, 7) is 1.54. The van der Waals surface area contributed by atoms with Crippen molar-refractivity contribution in [3.8, 4) is 0 Å². The van der Waals surface area contributed by atoms with Crippen LogP contribution in [0.4, 0.5) is 5.69 Å². The summed E-state index contributed by atoms with van der Waals surface area (Å²) in [7, 11) is 0. The molecule has 1 aliphatic rings. The average Bonchev–Trinajstić information content (AvgIpc) is 2.49. The Balaban J connectivity index is 1.68. The van der Waals surface area contributed by atoms with Crippen LogP contribution in [0.15, 0.2) is 48.5 Å². The van der Waals surface area contributed by atoms with Crippen molar-refractivity contribution in [3.63, 3.8) is 0 Å². The molecule has 102 valence electrons. The molecule has 0 unspecified atom stereocenters. The first-order valence-corrected chi connectivity index (χ1v) is 6.91. The topological polar surface area (TPSA) is 46.3 Å². The van der Waals surface area contributed by atoms with Crippen molar-refractivity contribution < 1.29 is 4.79 Å². The van der Waals surface area contributed by atoms with E-state index in [0.29, 0.717) is 6.42 Å². The Morgan fingerprint density at radius 2 is 1.75 bits per heavy atom. The molecule has 0 spiro atoms. The zero-order valence-electron chi connectivity index (χ0n) is 11.4. The van der Waals surface area contributed by atoms with E-state index in [1.807, 2.05) is 35.2 Å².